The molecular weight excluding hydrogens is 348 g/mol. The summed E-state index contributed by atoms with van der Waals surface area (Å²) in [4.78, 5) is 9.32. The minimum atomic E-state index is 0.824. The van der Waals surface area contributed by atoms with Gasteiger partial charge in [-0.1, -0.05) is 6.07 Å². The number of anilines is 1. The van der Waals surface area contributed by atoms with Gasteiger partial charge in [-0.05, 0) is 42.4 Å². The Morgan fingerprint density at radius 1 is 1.15 bits per heavy atom. The summed E-state index contributed by atoms with van der Waals surface area (Å²) in [5.74, 6) is 2.09. The maximum absolute atomic E-state index is 5.96. The van der Waals surface area contributed by atoms with E-state index in [1.165, 1.54) is 17.3 Å². The Labute approximate surface area is 157 Å². The molecule has 0 aromatic carbocycles. The van der Waals surface area contributed by atoms with E-state index in [9.17, 15) is 0 Å². The zero-order valence-corrected chi connectivity index (χ0v) is 15.8. The van der Waals surface area contributed by atoms with Crippen molar-refractivity contribution in [3.63, 3.8) is 0 Å². The lowest BCUT2D eigenvalue weighted by Gasteiger charge is -2.35. The van der Waals surface area contributed by atoms with Crippen LogP contribution in [-0.2, 0) is 13.6 Å². The average Bonchev–Trinajstić information content (AvgIpc) is 3.26. The van der Waals surface area contributed by atoms with Crippen LogP contribution in [0.2, 0.25) is 0 Å². The Morgan fingerprint density at radius 2 is 2.00 bits per heavy atom. The highest BCUT2D eigenvalue weighted by atomic mass is 32.2. The molecule has 1 saturated heterocycles. The van der Waals surface area contributed by atoms with Gasteiger partial charge < -0.3 is 13.9 Å². The van der Waals surface area contributed by atoms with E-state index >= 15 is 0 Å². The molecule has 0 atom stereocenters. The second kappa shape index (κ2) is 7.51. The van der Waals surface area contributed by atoms with Gasteiger partial charge in [0.25, 0.3) is 0 Å². The number of pyridine rings is 1. The number of aromatic nitrogens is 4. The Bertz CT molecular complexity index is 868. The topological polar surface area (TPSA) is 63.2 Å². The summed E-state index contributed by atoms with van der Waals surface area (Å²) < 4.78 is 7.84. The average molecular weight is 370 g/mol. The highest BCUT2D eigenvalue weighted by molar-refractivity contribution is 7.99. The summed E-state index contributed by atoms with van der Waals surface area (Å²) in [6.45, 7) is 6.92. The van der Waals surface area contributed by atoms with Crippen LogP contribution in [0.3, 0.4) is 0 Å². The third-order valence-corrected chi connectivity index (χ3v) is 5.50. The van der Waals surface area contributed by atoms with E-state index in [0.717, 1.165) is 54.6 Å². The summed E-state index contributed by atoms with van der Waals surface area (Å²) in [7, 11) is 1.93. The van der Waals surface area contributed by atoms with Gasteiger partial charge in [-0.15, -0.1) is 10.2 Å². The highest BCUT2D eigenvalue weighted by Crippen LogP contribution is 2.28. The van der Waals surface area contributed by atoms with Crippen molar-refractivity contribution >= 4 is 17.6 Å². The molecule has 7 nitrogen and oxygen atoms in total. The first-order chi connectivity index (χ1) is 12.7. The minimum absolute atomic E-state index is 0.824. The Kier molecular flexibility index (Phi) is 4.94. The van der Waals surface area contributed by atoms with E-state index < -0.39 is 0 Å². The van der Waals surface area contributed by atoms with Gasteiger partial charge in [0.15, 0.2) is 10.2 Å². The van der Waals surface area contributed by atoms with E-state index in [1.807, 2.05) is 36.0 Å². The molecule has 1 fully saturated rings. The first kappa shape index (κ1) is 17.1. The molecule has 136 valence electrons. The van der Waals surface area contributed by atoms with E-state index in [-0.39, 0.29) is 0 Å². The molecule has 1 aliphatic rings. The molecule has 1 aliphatic heterocycles. The summed E-state index contributed by atoms with van der Waals surface area (Å²) >= 11 is 1.49. The molecule has 0 radical (unpaired) electrons. The maximum Gasteiger partial charge on any atom is 0.198 e. The van der Waals surface area contributed by atoms with Gasteiger partial charge in [0.05, 0.1) is 6.54 Å². The molecule has 3 aromatic heterocycles. The smallest absolute Gasteiger partial charge is 0.198 e. The van der Waals surface area contributed by atoms with Gasteiger partial charge in [-0.25, -0.2) is 4.98 Å². The van der Waals surface area contributed by atoms with Crippen LogP contribution in [0.4, 0.5) is 5.82 Å². The van der Waals surface area contributed by atoms with Crippen molar-refractivity contribution in [1.82, 2.24) is 24.6 Å². The van der Waals surface area contributed by atoms with Crippen molar-refractivity contribution in [1.29, 1.82) is 0 Å². The summed E-state index contributed by atoms with van der Waals surface area (Å²) in [6.07, 6.45) is 3.56. The molecule has 0 bridgehead atoms. The Hall–Kier alpha value is -2.32. The summed E-state index contributed by atoms with van der Waals surface area (Å²) in [5.41, 5.74) is 1.23. The quantitative estimate of drug-likeness (QED) is 0.684. The van der Waals surface area contributed by atoms with Crippen molar-refractivity contribution in [3.05, 3.63) is 48.1 Å². The number of piperazine rings is 1. The van der Waals surface area contributed by atoms with Gasteiger partial charge in [0.2, 0.25) is 0 Å². The van der Waals surface area contributed by atoms with Crippen LogP contribution in [0, 0.1) is 6.92 Å². The normalized spacial score (nSPS) is 15.5. The molecular formula is C18H22N6OS. The lowest BCUT2D eigenvalue weighted by atomic mass is 10.2. The summed E-state index contributed by atoms with van der Waals surface area (Å²) in [5, 5.41) is 9.63. The van der Waals surface area contributed by atoms with Gasteiger partial charge >= 0.3 is 0 Å². The van der Waals surface area contributed by atoms with Crippen molar-refractivity contribution < 1.29 is 4.42 Å². The van der Waals surface area contributed by atoms with E-state index in [1.54, 1.807) is 6.33 Å². The molecule has 26 heavy (non-hydrogen) atoms. The number of nitrogens with zero attached hydrogens (tertiary/aromatic N) is 6. The van der Waals surface area contributed by atoms with Crippen LogP contribution < -0.4 is 4.90 Å². The lowest BCUT2D eigenvalue weighted by molar-refractivity contribution is 0.224. The van der Waals surface area contributed by atoms with Crippen LogP contribution in [0.15, 0.2) is 51.5 Å². The Balaban J connectivity index is 1.32. The predicted molar refractivity (Wildman–Crippen MR) is 100 cm³/mol. The third-order valence-electron chi connectivity index (χ3n) is 4.53. The monoisotopic (exact) mass is 370 g/mol. The van der Waals surface area contributed by atoms with Crippen LogP contribution in [-0.4, -0.2) is 50.8 Å². The van der Waals surface area contributed by atoms with Crippen molar-refractivity contribution in [2.45, 2.75) is 23.7 Å². The van der Waals surface area contributed by atoms with Crippen LogP contribution in [0.1, 0.15) is 11.3 Å². The SMILES string of the molecule is Cc1cccnc1N1CCN(Cc2ccc(Sc3nncn3C)o2)CC1. The largest absolute Gasteiger partial charge is 0.453 e. The predicted octanol–water partition coefficient (Wildman–Crippen LogP) is 2.58. The molecule has 4 heterocycles. The van der Waals surface area contributed by atoms with E-state index in [2.05, 4.69) is 38.0 Å². The van der Waals surface area contributed by atoms with Gasteiger partial charge in [0, 0.05) is 39.4 Å². The zero-order valence-electron chi connectivity index (χ0n) is 15.0. The number of hydrogen-bond acceptors (Lipinski definition) is 7. The van der Waals surface area contributed by atoms with Gasteiger partial charge in [-0.3, -0.25) is 4.90 Å². The molecule has 0 unspecified atom stereocenters. The molecule has 0 N–H and O–H groups in total. The fourth-order valence-electron chi connectivity index (χ4n) is 3.10. The number of aryl methyl sites for hydroxylation is 2. The first-order valence-electron chi connectivity index (χ1n) is 8.68. The van der Waals surface area contributed by atoms with Crippen LogP contribution >= 0.6 is 11.8 Å². The zero-order chi connectivity index (χ0) is 17.9. The van der Waals surface area contributed by atoms with Crippen molar-refractivity contribution in [2.24, 2.45) is 7.05 Å². The van der Waals surface area contributed by atoms with Crippen LogP contribution in [0.5, 0.6) is 0 Å². The van der Waals surface area contributed by atoms with Crippen molar-refractivity contribution in [3.8, 4) is 0 Å². The fourth-order valence-corrected chi connectivity index (χ4v) is 3.84. The first-order valence-corrected chi connectivity index (χ1v) is 9.50. The van der Waals surface area contributed by atoms with Crippen molar-refractivity contribution in [2.75, 3.05) is 31.1 Å². The molecule has 4 rings (SSSR count). The fraction of sp³-hybridized carbons (Fsp3) is 0.389. The van der Waals surface area contributed by atoms with Crippen LogP contribution in [0.25, 0.3) is 0 Å². The molecule has 0 amide bonds. The Morgan fingerprint density at radius 3 is 2.73 bits per heavy atom. The molecule has 0 spiro atoms. The standard InChI is InChI=1S/C18H22N6OS/c1-14-4-3-7-19-17(14)24-10-8-23(9-11-24)12-15-5-6-16(25-15)26-18-21-20-13-22(18)2/h3-7,13H,8-12H2,1-2H3. The minimum Gasteiger partial charge on any atom is -0.453 e. The van der Waals surface area contributed by atoms with E-state index in [0.29, 0.717) is 0 Å². The third kappa shape index (κ3) is 3.76. The molecule has 0 aliphatic carbocycles. The van der Waals surface area contributed by atoms with E-state index in [4.69, 9.17) is 4.42 Å². The second-order valence-electron chi connectivity index (χ2n) is 6.45. The second-order valence-corrected chi connectivity index (χ2v) is 7.43. The highest BCUT2D eigenvalue weighted by Gasteiger charge is 2.20. The number of furan rings is 1. The molecule has 0 saturated carbocycles. The molecule has 8 heteroatoms. The lowest BCUT2D eigenvalue weighted by Crippen LogP contribution is -2.46. The van der Waals surface area contributed by atoms with Gasteiger partial charge in [-0.2, -0.15) is 0 Å². The number of hydrogen-bond donors (Lipinski definition) is 0. The summed E-state index contributed by atoms with van der Waals surface area (Å²) in [6, 6.07) is 8.16. The maximum atomic E-state index is 5.96. The number of rotatable bonds is 5. The van der Waals surface area contributed by atoms with Gasteiger partial charge in [0.1, 0.15) is 17.9 Å². The molecule has 3 aromatic rings.